The lowest BCUT2D eigenvalue weighted by Crippen LogP contribution is -2.26. The first-order valence-electron chi connectivity index (χ1n) is 9.25. The summed E-state index contributed by atoms with van der Waals surface area (Å²) in [4.78, 5) is 26.3. The van der Waals surface area contributed by atoms with E-state index in [1.807, 2.05) is 51.1 Å². The van der Waals surface area contributed by atoms with Crippen LogP contribution in [0.3, 0.4) is 0 Å². The minimum absolute atomic E-state index is 0.136. The maximum Gasteiger partial charge on any atom is 0.311 e. The van der Waals surface area contributed by atoms with Crippen LogP contribution in [0, 0.1) is 5.41 Å². The largest absolute Gasteiger partial charge is 0.466 e. The van der Waals surface area contributed by atoms with Crippen LogP contribution in [0.2, 0.25) is 0 Å². The van der Waals surface area contributed by atoms with E-state index in [2.05, 4.69) is 12.1 Å². The second kappa shape index (κ2) is 9.67. The van der Waals surface area contributed by atoms with E-state index in [1.54, 1.807) is 11.3 Å². The monoisotopic (exact) mass is 372 g/mol. The number of esters is 1. The van der Waals surface area contributed by atoms with Crippen molar-refractivity contribution in [2.45, 2.75) is 52.9 Å². The predicted octanol–water partition coefficient (Wildman–Crippen LogP) is 5.48. The van der Waals surface area contributed by atoms with Crippen LogP contribution in [0.25, 0.3) is 0 Å². The van der Waals surface area contributed by atoms with E-state index in [4.69, 9.17) is 4.74 Å². The molecule has 2 aromatic rings. The Balaban J connectivity index is 1.80. The molecule has 4 heteroatoms. The number of carbonyl (C=O) groups is 2. The van der Waals surface area contributed by atoms with Crippen molar-refractivity contribution in [3.63, 3.8) is 0 Å². The summed E-state index contributed by atoms with van der Waals surface area (Å²) >= 11 is 1.58. The van der Waals surface area contributed by atoms with E-state index in [0.29, 0.717) is 13.0 Å². The molecule has 0 radical (unpaired) electrons. The van der Waals surface area contributed by atoms with Gasteiger partial charge in [-0.05, 0) is 64.2 Å². The Morgan fingerprint density at radius 3 is 2.46 bits per heavy atom. The normalized spacial score (nSPS) is 11.3. The minimum Gasteiger partial charge on any atom is -0.466 e. The maximum absolute atomic E-state index is 12.4. The summed E-state index contributed by atoms with van der Waals surface area (Å²) in [7, 11) is 0. The number of rotatable bonds is 10. The SMILES string of the molecule is CCOC(=O)C(C)(C)CCCc1ccc(C(=O)CCc2ccccc2)s1. The first-order valence-corrected chi connectivity index (χ1v) is 10.1. The Morgan fingerprint density at radius 2 is 1.77 bits per heavy atom. The molecule has 1 aromatic carbocycles. The van der Waals surface area contributed by atoms with Crippen molar-refractivity contribution >= 4 is 23.1 Å². The summed E-state index contributed by atoms with van der Waals surface area (Å²) in [6.07, 6.45) is 3.89. The van der Waals surface area contributed by atoms with Crippen molar-refractivity contribution in [3.05, 3.63) is 57.8 Å². The molecule has 0 amide bonds. The second-order valence-electron chi connectivity index (χ2n) is 7.13. The van der Waals surface area contributed by atoms with Crippen molar-refractivity contribution in [2.75, 3.05) is 6.61 Å². The third kappa shape index (κ3) is 6.10. The van der Waals surface area contributed by atoms with E-state index in [-0.39, 0.29) is 11.8 Å². The minimum atomic E-state index is -0.457. The molecule has 1 aromatic heterocycles. The molecule has 0 fully saturated rings. The fourth-order valence-electron chi connectivity index (χ4n) is 2.82. The van der Waals surface area contributed by atoms with Gasteiger partial charge in [0.05, 0.1) is 16.9 Å². The van der Waals surface area contributed by atoms with Crippen molar-refractivity contribution in [1.29, 1.82) is 0 Å². The second-order valence-corrected chi connectivity index (χ2v) is 8.30. The first-order chi connectivity index (χ1) is 12.4. The number of hydrogen-bond acceptors (Lipinski definition) is 4. The van der Waals surface area contributed by atoms with Gasteiger partial charge in [-0.1, -0.05) is 30.3 Å². The molecule has 26 heavy (non-hydrogen) atoms. The molecule has 0 aliphatic heterocycles. The Labute approximate surface area is 160 Å². The molecule has 0 unspecified atom stereocenters. The summed E-state index contributed by atoms with van der Waals surface area (Å²) < 4.78 is 5.13. The molecule has 0 bridgehead atoms. The van der Waals surface area contributed by atoms with Gasteiger partial charge in [0.2, 0.25) is 0 Å². The van der Waals surface area contributed by atoms with Crippen LogP contribution in [-0.2, 0) is 22.4 Å². The zero-order valence-corrected chi connectivity index (χ0v) is 16.7. The number of benzene rings is 1. The van der Waals surface area contributed by atoms with Crippen LogP contribution in [0.15, 0.2) is 42.5 Å². The van der Waals surface area contributed by atoms with Crippen molar-refractivity contribution in [2.24, 2.45) is 5.41 Å². The molecule has 140 valence electrons. The van der Waals surface area contributed by atoms with Gasteiger partial charge in [-0.15, -0.1) is 11.3 Å². The van der Waals surface area contributed by atoms with Gasteiger partial charge in [0.1, 0.15) is 0 Å². The Kier molecular flexibility index (Phi) is 7.58. The van der Waals surface area contributed by atoms with Gasteiger partial charge >= 0.3 is 5.97 Å². The fraction of sp³-hybridized carbons (Fsp3) is 0.455. The molecule has 0 saturated carbocycles. The molecule has 2 rings (SSSR count). The van der Waals surface area contributed by atoms with Crippen LogP contribution < -0.4 is 0 Å². The van der Waals surface area contributed by atoms with Crippen LogP contribution >= 0.6 is 11.3 Å². The molecule has 0 saturated heterocycles. The zero-order chi connectivity index (χ0) is 19.0. The summed E-state index contributed by atoms with van der Waals surface area (Å²) in [5.41, 5.74) is 0.737. The lowest BCUT2D eigenvalue weighted by Gasteiger charge is -2.21. The first kappa shape index (κ1) is 20.4. The predicted molar refractivity (Wildman–Crippen MR) is 107 cm³/mol. The van der Waals surface area contributed by atoms with Crippen molar-refractivity contribution in [3.8, 4) is 0 Å². The summed E-state index contributed by atoms with van der Waals surface area (Å²) in [6, 6.07) is 14.1. The van der Waals surface area contributed by atoms with Crippen molar-refractivity contribution < 1.29 is 14.3 Å². The number of thiophene rings is 1. The Morgan fingerprint density at radius 1 is 1.04 bits per heavy atom. The molecule has 3 nitrogen and oxygen atoms in total. The van der Waals surface area contributed by atoms with E-state index >= 15 is 0 Å². The topological polar surface area (TPSA) is 43.4 Å². The Bertz CT molecular complexity index is 716. The molecular weight excluding hydrogens is 344 g/mol. The van der Waals surface area contributed by atoms with Crippen LogP contribution in [0.5, 0.6) is 0 Å². The van der Waals surface area contributed by atoms with Gasteiger partial charge in [-0.2, -0.15) is 0 Å². The number of ketones is 1. The molecule has 0 aliphatic rings. The molecule has 1 heterocycles. The zero-order valence-electron chi connectivity index (χ0n) is 15.9. The smallest absolute Gasteiger partial charge is 0.311 e. The number of ether oxygens (including phenoxy) is 1. The number of carbonyl (C=O) groups excluding carboxylic acids is 2. The van der Waals surface area contributed by atoms with Gasteiger partial charge in [0.25, 0.3) is 0 Å². The van der Waals surface area contributed by atoms with Crippen molar-refractivity contribution in [1.82, 2.24) is 0 Å². The lowest BCUT2D eigenvalue weighted by atomic mass is 9.87. The average Bonchev–Trinajstić information content (AvgIpc) is 3.09. The number of hydrogen-bond donors (Lipinski definition) is 0. The third-order valence-corrected chi connectivity index (χ3v) is 5.66. The van der Waals surface area contributed by atoms with Crippen LogP contribution in [0.4, 0.5) is 0 Å². The Hall–Kier alpha value is -1.94. The van der Waals surface area contributed by atoms with Gasteiger partial charge in [-0.25, -0.2) is 0 Å². The standard InChI is InChI=1S/C22H28O3S/c1-4-25-21(24)22(2,3)16-8-11-18-13-15-20(26-18)19(23)14-12-17-9-6-5-7-10-17/h5-7,9-10,13,15H,4,8,11-12,14,16H2,1-3H3. The highest BCUT2D eigenvalue weighted by molar-refractivity contribution is 7.14. The highest BCUT2D eigenvalue weighted by Gasteiger charge is 2.28. The highest BCUT2D eigenvalue weighted by Crippen LogP contribution is 2.27. The third-order valence-electron chi connectivity index (χ3n) is 4.47. The molecular formula is C22H28O3S. The molecule has 0 atom stereocenters. The van der Waals surface area contributed by atoms with E-state index in [0.717, 1.165) is 30.6 Å². The van der Waals surface area contributed by atoms with Crippen LogP contribution in [0.1, 0.15) is 60.1 Å². The molecule has 0 aliphatic carbocycles. The van der Waals surface area contributed by atoms with E-state index in [1.165, 1.54) is 10.4 Å². The van der Waals surface area contributed by atoms with E-state index in [9.17, 15) is 9.59 Å². The number of aryl methyl sites for hydroxylation is 2. The fourth-order valence-corrected chi connectivity index (χ4v) is 3.84. The lowest BCUT2D eigenvalue weighted by molar-refractivity contribution is -0.153. The molecule has 0 spiro atoms. The maximum atomic E-state index is 12.4. The highest BCUT2D eigenvalue weighted by atomic mass is 32.1. The number of Topliss-reactive ketones (excluding diaryl/α,β-unsaturated/α-hetero) is 1. The van der Waals surface area contributed by atoms with Crippen LogP contribution in [-0.4, -0.2) is 18.4 Å². The summed E-state index contributed by atoms with van der Waals surface area (Å²) in [5, 5.41) is 0. The van der Waals surface area contributed by atoms with Gasteiger partial charge in [0.15, 0.2) is 5.78 Å². The quantitative estimate of drug-likeness (QED) is 0.410. The summed E-state index contributed by atoms with van der Waals surface area (Å²) in [5.74, 6) is 0.0694. The summed E-state index contributed by atoms with van der Waals surface area (Å²) in [6.45, 7) is 6.10. The van der Waals surface area contributed by atoms with Gasteiger partial charge < -0.3 is 4.74 Å². The average molecular weight is 373 g/mol. The van der Waals surface area contributed by atoms with Gasteiger partial charge in [0, 0.05) is 11.3 Å². The van der Waals surface area contributed by atoms with Gasteiger partial charge in [-0.3, -0.25) is 9.59 Å². The molecule has 0 N–H and O–H groups in total. The van der Waals surface area contributed by atoms with E-state index < -0.39 is 5.41 Å².